The smallest absolute Gasteiger partial charge is 0.316 e. The van der Waals surface area contributed by atoms with Crippen LogP contribution in [0.2, 0.25) is 0 Å². The Morgan fingerprint density at radius 3 is 2.48 bits per heavy atom. The van der Waals surface area contributed by atoms with E-state index in [2.05, 4.69) is 5.32 Å². The average molecular weight is 328 g/mol. The number of hydrogen-bond acceptors (Lipinski definition) is 3. The summed E-state index contributed by atoms with van der Waals surface area (Å²) in [5.41, 5.74) is 0.551. The van der Waals surface area contributed by atoms with Crippen molar-refractivity contribution in [3.8, 4) is 0 Å². The highest BCUT2D eigenvalue weighted by Crippen LogP contribution is 2.21. The zero-order valence-corrected chi connectivity index (χ0v) is 12.1. The molecule has 0 atom stereocenters. The zero-order chi connectivity index (χ0) is 16.1. The average Bonchev–Trinajstić information content (AvgIpc) is 2.36. The Morgan fingerprint density at radius 1 is 1.24 bits per heavy atom. The Bertz CT molecular complexity index is 573. The van der Waals surface area contributed by atoms with Gasteiger partial charge in [-0.2, -0.15) is 13.2 Å². The molecule has 2 N–H and O–H groups in total. The topological polar surface area (TPSA) is 58.2 Å². The van der Waals surface area contributed by atoms with Crippen molar-refractivity contribution in [2.24, 2.45) is 0 Å². The molecule has 0 aliphatic heterocycles. The minimum atomic E-state index is -4.34. The summed E-state index contributed by atoms with van der Waals surface area (Å²) in [7, 11) is -2.52. The van der Waals surface area contributed by atoms with Crippen LogP contribution in [-0.4, -0.2) is 28.2 Å². The highest BCUT2D eigenvalue weighted by molar-refractivity contribution is 7.89. The molecule has 0 fully saturated rings. The lowest BCUT2D eigenvalue weighted by Crippen LogP contribution is -2.27. The maximum absolute atomic E-state index is 13.6. The number of hydrogen-bond donors (Lipinski definition) is 2. The summed E-state index contributed by atoms with van der Waals surface area (Å²) in [6, 6.07) is 3.59. The molecule has 0 aliphatic carbocycles. The summed E-state index contributed by atoms with van der Waals surface area (Å²) < 4.78 is 75.2. The third kappa shape index (κ3) is 5.98. The highest BCUT2D eigenvalue weighted by Gasteiger charge is 2.26. The summed E-state index contributed by atoms with van der Waals surface area (Å²) >= 11 is 0. The minimum absolute atomic E-state index is 0.344. The van der Waals surface area contributed by atoms with Crippen molar-refractivity contribution in [2.75, 3.05) is 13.6 Å². The van der Waals surface area contributed by atoms with E-state index in [0.717, 1.165) is 12.1 Å². The first kappa shape index (κ1) is 17.9. The molecule has 0 amide bonds. The number of benzene rings is 1. The van der Waals surface area contributed by atoms with Gasteiger partial charge in [0, 0.05) is 19.5 Å². The van der Waals surface area contributed by atoms with E-state index in [1.807, 2.05) is 4.72 Å². The van der Waals surface area contributed by atoms with Crippen molar-refractivity contribution in [3.63, 3.8) is 0 Å². The van der Waals surface area contributed by atoms with Crippen LogP contribution in [0, 0.1) is 5.82 Å². The molecule has 4 nitrogen and oxygen atoms in total. The molecule has 0 heterocycles. The summed E-state index contributed by atoms with van der Waals surface area (Å²) in [5.74, 6) is -0.946. The fraction of sp³-hybridized carbons (Fsp3) is 0.500. The van der Waals surface area contributed by atoms with Gasteiger partial charge in [0.2, 0.25) is 10.0 Å². The van der Waals surface area contributed by atoms with Crippen LogP contribution in [-0.2, 0) is 16.6 Å². The molecular formula is C12H16F4N2O2S. The van der Waals surface area contributed by atoms with Crippen LogP contribution in [0.15, 0.2) is 23.1 Å². The fourth-order valence-electron chi connectivity index (χ4n) is 1.64. The first-order valence-corrected chi connectivity index (χ1v) is 7.63. The molecule has 1 aromatic rings. The first-order valence-electron chi connectivity index (χ1n) is 6.15. The molecule has 21 heavy (non-hydrogen) atoms. The van der Waals surface area contributed by atoms with Crippen LogP contribution in [0.5, 0.6) is 0 Å². The molecule has 0 bridgehead atoms. The van der Waals surface area contributed by atoms with Crippen molar-refractivity contribution in [2.45, 2.75) is 30.5 Å². The van der Waals surface area contributed by atoms with Crippen LogP contribution in [0.1, 0.15) is 18.4 Å². The molecule has 0 saturated carbocycles. The van der Waals surface area contributed by atoms with E-state index in [4.69, 9.17) is 0 Å². The van der Waals surface area contributed by atoms with Gasteiger partial charge in [0.15, 0.2) is 0 Å². The highest BCUT2D eigenvalue weighted by atomic mass is 32.2. The predicted octanol–water partition coefficient (Wildman–Crippen LogP) is 2.17. The Balaban J connectivity index is 2.76. The van der Waals surface area contributed by atoms with Crippen LogP contribution in [0.25, 0.3) is 0 Å². The van der Waals surface area contributed by atoms with E-state index in [-0.39, 0.29) is 0 Å². The van der Waals surface area contributed by atoms with E-state index in [0.29, 0.717) is 12.1 Å². The second-order valence-electron chi connectivity index (χ2n) is 4.41. The van der Waals surface area contributed by atoms with E-state index in [9.17, 15) is 26.0 Å². The van der Waals surface area contributed by atoms with Gasteiger partial charge < -0.3 is 5.32 Å². The van der Waals surface area contributed by atoms with Crippen molar-refractivity contribution in [1.29, 1.82) is 0 Å². The molecule has 120 valence electrons. The molecule has 9 heteroatoms. The van der Waals surface area contributed by atoms with Crippen LogP contribution >= 0.6 is 0 Å². The van der Waals surface area contributed by atoms with Gasteiger partial charge in [0.25, 0.3) is 0 Å². The van der Waals surface area contributed by atoms with Gasteiger partial charge in [-0.05, 0) is 31.2 Å². The molecule has 0 aliphatic rings. The SMILES string of the molecule is CNCc1ccc(F)c(S(=O)(=O)NCCCC(F)(F)F)c1. The maximum Gasteiger partial charge on any atom is 0.389 e. The monoisotopic (exact) mass is 328 g/mol. The minimum Gasteiger partial charge on any atom is -0.316 e. The summed E-state index contributed by atoms with van der Waals surface area (Å²) in [4.78, 5) is -0.567. The lowest BCUT2D eigenvalue weighted by Gasteiger charge is -2.10. The Morgan fingerprint density at radius 2 is 1.90 bits per heavy atom. The van der Waals surface area contributed by atoms with E-state index in [1.165, 1.54) is 6.07 Å². The number of sulfonamides is 1. The largest absolute Gasteiger partial charge is 0.389 e. The summed E-state index contributed by atoms with van der Waals surface area (Å²) in [5, 5.41) is 2.79. The van der Waals surface area contributed by atoms with Gasteiger partial charge in [0.05, 0.1) is 0 Å². The second-order valence-corrected chi connectivity index (χ2v) is 6.15. The molecule has 0 unspecified atom stereocenters. The van der Waals surface area contributed by atoms with Gasteiger partial charge in [0.1, 0.15) is 10.7 Å². The number of halogens is 4. The van der Waals surface area contributed by atoms with Crippen LogP contribution in [0.3, 0.4) is 0 Å². The van der Waals surface area contributed by atoms with E-state index < -0.39 is 46.3 Å². The van der Waals surface area contributed by atoms with E-state index >= 15 is 0 Å². The lowest BCUT2D eigenvalue weighted by molar-refractivity contribution is -0.135. The quantitative estimate of drug-likeness (QED) is 0.596. The number of alkyl halides is 3. The van der Waals surface area contributed by atoms with Crippen LogP contribution < -0.4 is 10.0 Å². The fourth-order valence-corrected chi connectivity index (χ4v) is 2.84. The normalized spacial score (nSPS) is 12.6. The van der Waals surface area contributed by atoms with Gasteiger partial charge in [-0.25, -0.2) is 17.5 Å². The molecule has 0 aromatic heterocycles. The Hall–Kier alpha value is -1.19. The van der Waals surface area contributed by atoms with Gasteiger partial charge >= 0.3 is 6.18 Å². The standard InChI is InChI=1S/C12H16F4N2O2S/c1-17-8-9-3-4-10(13)11(7-9)21(19,20)18-6-2-5-12(14,15)16/h3-4,7,17-18H,2,5-6,8H2,1H3. The molecule has 0 saturated heterocycles. The van der Waals surface area contributed by atoms with Gasteiger partial charge in [-0.3, -0.25) is 0 Å². The third-order valence-electron chi connectivity index (χ3n) is 2.60. The van der Waals surface area contributed by atoms with Crippen LogP contribution in [0.4, 0.5) is 17.6 Å². The van der Waals surface area contributed by atoms with Gasteiger partial charge in [-0.1, -0.05) is 6.07 Å². The second kappa shape index (κ2) is 7.19. The molecule has 0 radical (unpaired) electrons. The third-order valence-corrected chi connectivity index (χ3v) is 4.07. The van der Waals surface area contributed by atoms with E-state index in [1.54, 1.807) is 7.05 Å². The Kier molecular flexibility index (Phi) is 6.11. The maximum atomic E-state index is 13.6. The van der Waals surface area contributed by atoms with Crippen molar-refractivity contribution >= 4 is 10.0 Å². The lowest BCUT2D eigenvalue weighted by atomic mass is 10.2. The number of nitrogens with one attached hydrogen (secondary N) is 2. The molecule has 1 rings (SSSR count). The zero-order valence-electron chi connectivity index (χ0n) is 11.3. The van der Waals surface area contributed by atoms with Crippen molar-refractivity contribution < 1.29 is 26.0 Å². The predicted molar refractivity (Wildman–Crippen MR) is 69.6 cm³/mol. The summed E-state index contributed by atoms with van der Waals surface area (Å²) in [6.07, 6.45) is -5.85. The number of rotatable bonds is 7. The summed E-state index contributed by atoms with van der Waals surface area (Å²) in [6.45, 7) is -0.0611. The Labute approximate surface area is 120 Å². The van der Waals surface area contributed by atoms with Crippen molar-refractivity contribution in [1.82, 2.24) is 10.0 Å². The molecular weight excluding hydrogens is 312 g/mol. The molecule has 1 aromatic carbocycles. The van der Waals surface area contributed by atoms with Gasteiger partial charge in [-0.15, -0.1) is 0 Å². The van der Waals surface area contributed by atoms with Crippen molar-refractivity contribution in [3.05, 3.63) is 29.6 Å². The molecule has 0 spiro atoms. The first-order chi connectivity index (χ1) is 9.65.